The van der Waals surface area contributed by atoms with Gasteiger partial charge in [-0.15, -0.1) is 0 Å². The molecule has 0 saturated heterocycles. The van der Waals surface area contributed by atoms with E-state index in [2.05, 4.69) is 44.8 Å². The SMILES string of the molecule is CC[N]CCN(C(C)C)C(C)C. The predicted octanol–water partition coefficient (Wildman–Crippen LogP) is 1.73. The van der Waals surface area contributed by atoms with Crippen molar-refractivity contribution in [2.75, 3.05) is 19.6 Å². The van der Waals surface area contributed by atoms with E-state index in [4.69, 9.17) is 0 Å². The highest BCUT2D eigenvalue weighted by molar-refractivity contribution is 4.67. The first-order chi connectivity index (χ1) is 5.59. The molecule has 0 aromatic rings. The second-order valence-corrected chi connectivity index (χ2v) is 3.69. The lowest BCUT2D eigenvalue weighted by molar-refractivity contribution is 0.176. The first kappa shape index (κ1) is 11.9. The minimum atomic E-state index is 0.636. The fraction of sp³-hybridized carbons (Fsp3) is 1.00. The van der Waals surface area contributed by atoms with Crippen molar-refractivity contribution < 1.29 is 0 Å². The van der Waals surface area contributed by atoms with Gasteiger partial charge in [0.2, 0.25) is 0 Å². The summed E-state index contributed by atoms with van der Waals surface area (Å²) >= 11 is 0. The van der Waals surface area contributed by atoms with Crippen molar-refractivity contribution in [3.63, 3.8) is 0 Å². The molecule has 0 aromatic heterocycles. The van der Waals surface area contributed by atoms with Crippen LogP contribution >= 0.6 is 0 Å². The smallest absolute Gasteiger partial charge is 0.0261 e. The number of hydrogen-bond acceptors (Lipinski definition) is 1. The van der Waals surface area contributed by atoms with Crippen molar-refractivity contribution in [2.24, 2.45) is 0 Å². The Morgan fingerprint density at radius 1 is 1.08 bits per heavy atom. The Kier molecular flexibility index (Phi) is 6.39. The van der Waals surface area contributed by atoms with Gasteiger partial charge < -0.3 is 0 Å². The van der Waals surface area contributed by atoms with E-state index < -0.39 is 0 Å². The van der Waals surface area contributed by atoms with Crippen molar-refractivity contribution in [3.8, 4) is 0 Å². The van der Waals surface area contributed by atoms with E-state index in [0.717, 1.165) is 19.6 Å². The highest BCUT2D eigenvalue weighted by Gasteiger charge is 2.11. The summed E-state index contributed by atoms with van der Waals surface area (Å²) in [6.45, 7) is 14.1. The molecule has 0 aliphatic heterocycles. The highest BCUT2D eigenvalue weighted by Crippen LogP contribution is 2.03. The number of hydrogen-bond donors (Lipinski definition) is 0. The lowest BCUT2D eigenvalue weighted by Crippen LogP contribution is -2.40. The molecule has 0 amide bonds. The fourth-order valence-electron chi connectivity index (χ4n) is 1.46. The summed E-state index contributed by atoms with van der Waals surface area (Å²) in [7, 11) is 0. The highest BCUT2D eigenvalue weighted by atomic mass is 15.2. The third kappa shape index (κ3) is 4.73. The molecule has 0 aliphatic rings. The Labute approximate surface area is 77.3 Å². The molecule has 0 rings (SSSR count). The molecule has 12 heavy (non-hydrogen) atoms. The molecule has 0 unspecified atom stereocenters. The molecule has 0 bridgehead atoms. The van der Waals surface area contributed by atoms with Gasteiger partial charge in [0.25, 0.3) is 0 Å². The maximum Gasteiger partial charge on any atom is 0.0261 e. The first-order valence-corrected chi connectivity index (χ1v) is 4.98. The van der Waals surface area contributed by atoms with Gasteiger partial charge in [-0.2, -0.15) is 0 Å². The van der Waals surface area contributed by atoms with Crippen molar-refractivity contribution in [1.82, 2.24) is 10.2 Å². The molecule has 0 fully saturated rings. The van der Waals surface area contributed by atoms with Gasteiger partial charge in [-0.25, -0.2) is 5.32 Å². The second kappa shape index (κ2) is 6.44. The van der Waals surface area contributed by atoms with E-state index in [9.17, 15) is 0 Å². The van der Waals surface area contributed by atoms with E-state index in [0.29, 0.717) is 12.1 Å². The quantitative estimate of drug-likeness (QED) is 0.556. The number of nitrogens with zero attached hydrogens (tertiary/aromatic N) is 2. The Hall–Kier alpha value is -0.0800. The molecule has 0 aromatic carbocycles. The van der Waals surface area contributed by atoms with Crippen LogP contribution in [0.25, 0.3) is 0 Å². The van der Waals surface area contributed by atoms with Crippen LogP contribution in [0.3, 0.4) is 0 Å². The van der Waals surface area contributed by atoms with E-state index >= 15 is 0 Å². The van der Waals surface area contributed by atoms with Gasteiger partial charge in [0.1, 0.15) is 0 Å². The molecule has 73 valence electrons. The van der Waals surface area contributed by atoms with Gasteiger partial charge in [0, 0.05) is 31.7 Å². The van der Waals surface area contributed by atoms with Crippen LogP contribution in [0.5, 0.6) is 0 Å². The summed E-state index contributed by atoms with van der Waals surface area (Å²) in [5, 5.41) is 4.33. The Morgan fingerprint density at radius 2 is 1.58 bits per heavy atom. The molecule has 0 N–H and O–H groups in total. The molecule has 0 spiro atoms. The molecule has 0 aliphatic carbocycles. The number of rotatable bonds is 6. The van der Waals surface area contributed by atoms with Crippen molar-refractivity contribution in [3.05, 3.63) is 0 Å². The van der Waals surface area contributed by atoms with E-state index in [1.54, 1.807) is 0 Å². The molecule has 0 saturated carbocycles. The zero-order valence-electron chi connectivity index (χ0n) is 9.17. The topological polar surface area (TPSA) is 17.3 Å². The van der Waals surface area contributed by atoms with Crippen LogP contribution in [0.15, 0.2) is 0 Å². The minimum Gasteiger partial charge on any atom is -0.297 e. The van der Waals surface area contributed by atoms with Crippen molar-refractivity contribution in [1.29, 1.82) is 0 Å². The van der Waals surface area contributed by atoms with Crippen LogP contribution < -0.4 is 5.32 Å². The van der Waals surface area contributed by atoms with Crippen molar-refractivity contribution >= 4 is 0 Å². The number of likely N-dealkylation sites (N-methyl/N-ethyl adjacent to an activating group) is 1. The lowest BCUT2D eigenvalue weighted by Gasteiger charge is -2.30. The standard InChI is InChI=1S/C10H23N2/c1-6-11-7-8-12(9(2)3)10(4)5/h9-10H,6-8H2,1-5H3. The van der Waals surface area contributed by atoms with E-state index in [1.807, 2.05) is 0 Å². The van der Waals surface area contributed by atoms with Gasteiger partial charge in [0.15, 0.2) is 0 Å². The Balaban J connectivity index is 3.64. The molecular weight excluding hydrogens is 148 g/mol. The Bertz CT molecular complexity index is 92.0. The summed E-state index contributed by atoms with van der Waals surface area (Å²) in [6.07, 6.45) is 0. The summed E-state index contributed by atoms with van der Waals surface area (Å²) in [6, 6.07) is 1.27. The molecule has 0 atom stereocenters. The molecule has 1 radical (unpaired) electrons. The average molecular weight is 171 g/mol. The summed E-state index contributed by atoms with van der Waals surface area (Å²) in [5.41, 5.74) is 0. The van der Waals surface area contributed by atoms with Crippen LogP contribution in [0.2, 0.25) is 0 Å². The van der Waals surface area contributed by atoms with Gasteiger partial charge >= 0.3 is 0 Å². The van der Waals surface area contributed by atoms with E-state index in [1.165, 1.54) is 0 Å². The first-order valence-electron chi connectivity index (χ1n) is 4.98. The largest absolute Gasteiger partial charge is 0.297 e. The van der Waals surface area contributed by atoms with Crippen LogP contribution in [-0.2, 0) is 0 Å². The second-order valence-electron chi connectivity index (χ2n) is 3.69. The van der Waals surface area contributed by atoms with Gasteiger partial charge in [0.05, 0.1) is 0 Å². The average Bonchev–Trinajstić information content (AvgIpc) is 1.96. The molecule has 2 heteroatoms. The summed E-state index contributed by atoms with van der Waals surface area (Å²) < 4.78 is 0. The predicted molar refractivity (Wildman–Crippen MR) is 54.5 cm³/mol. The third-order valence-electron chi connectivity index (χ3n) is 2.07. The van der Waals surface area contributed by atoms with Crippen LogP contribution in [0, 0.1) is 0 Å². The molecule has 0 heterocycles. The lowest BCUT2D eigenvalue weighted by atomic mass is 10.2. The van der Waals surface area contributed by atoms with Crippen LogP contribution in [-0.4, -0.2) is 36.6 Å². The van der Waals surface area contributed by atoms with Gasteiger partial charge in [-0.1, -0.05) is 6.92 Å². The van der Waals surface area contributed by atoms with Crippen LogP contribution in [0.1, 0.15) is 34.6 Å². The van der Waals surface area contributed by atoms with Gasteiger partial charge in [-0.05, 0) is 27.7 Å². The minimum absolute atomic E-state index is 0.636. The maximum atomic E-state index is 4.33. The monoisotopic (exact) mass is 171 g/mol. The summed E-state index contributed by atoms with van der Waals surface area (Å²) in [4.78, 5) is 2.47. The summed E-state index contributed by atoms with van der Waals surface area (Å²) in [5.74, 6) is 0. The third-order valence-corrected chi connectivity index (χ3v) is 2.07. The van der Waals surface area contributed by atoms with Gasteiger partial charge in [-0.3, -0.25) is 4.90 Å². The van der Waals surface area contributed by atoms with E-state index in [-0.39, 0.29) is 0 Å². The van der Waals surface area contributed by atoms with Crippen LogP contribution in [0.4, 0.5) is 0 Å². The Morgan fingerprint density at radius 3 is 1.92 bits per heavy atom. The molecule has 2 nitrogen and oxygen atoms in total. The zero-order chi connectivity index (χ0) is 9.56. The fourth-order valence-corrected chi connectivity index (χ4v) is 1.46. The zero-order valence-corrected chi connectivity index (χ0v) is 9.17. The van der Waals surface area contributed by atoms with Crippen molar-refractivity contribution in [2.45, 2.75) is 46.7 Å². The normalized spacial score (nSPS) is 12.0. The maximum absolute atomic E-state index is 4.33. The molecular formula is C10H23N2.